The molecule has 0 atom stereocenters. The van der Waals surface area contributed by atoms with Gasteiger partial charge in [0.1, 0.15) is 5.70 Å². The fourth-order valence-corrected chi connectivity index (χ4v) is 3.65. The summed E-state index contributed by atoms with van der Waals surface area (Å²) < 4.78 is 1.48. The van der Waals surface area contributed by atoms with Gasteiger partial charge in [-0.3, -0.25) is 4.79 Å². The van der Waals surface area contributed by atoms with Crippen molar-refractivity contribution in [3.63, 3.8) is 0 Å². The van der Waals surface area contributed by atoms with Crippen LogP contribution in [0.4, 0.5) is 5.69 Å². The topological polar surface area (TPSA) is 72.7 Å². The summed E-state index contributed by atoms with van der Waals surface area (Å²) >= 11 is 1.54. The number of amides is 1. The quantitative estimate of drug-likeness (QED) is 0.441. The minimum absolute atomic E-state index is 0.287. The van der Waals surface area contributed by atoms with Gasteiger partial charge in [0.05, 0.1) is 0 Å². The Balaban J connectivity index is 1.70. The van der Waals surface area contributed by atoms with Crippen LogP contribution in [0, 0.1) is 0 Å². The Morgan fingerprint density at radius 2 is 1.80 bits per heavy atom. The number of carbonyl (C=O) groups is 1. The molecule has 0 saturated heterocycles. The third-order valence-electron chi connectivity index (χ3n) is 4.62. The fraction of sp³-hybridized carbons (Fsp3) is 0.130. The number of carbonyl (C=O) groups excluding carboxylic acids is 1. The Morgan fingerprint density at radius 1 is 1.03 bits per heavy atom. The van der Waals surface area contributed by atoms with Crippen molar-refractivity contribution in [3.8, 4) is 11.4 Å². The van der Waals surface area contributed by atoms with Crippen LogP contribution in [0.3, 0.4) is 0 Å². The van der Waals surface area contributed by atoms with E-state index in [9.17, 15) is 4.79 Å². The van der Waals surface area contributed by atoms with Crippen molar-refractivity contribution in [1.82, 2.24) is 20.2 Å². The van der Waals surface area contributed by atoms with Gasteiger partial charge in [0.2, 0.25) is 0 Å². The molecule has 0 fully saturated rings. The van der Waals surface area contributed by atoms with Crippen LogP contribution in [0.15, 0.2) is 72.1 Å². The van der Waals surface area contributed by atoms with E-state index in [0.29, 0.717) is 17.4 Å². The maximum atomic E-state index is 13.2. The lowest BCUT2D eigenvalue weighted by Crippen LogP contribution is -2.19. The normalized spacial score (nSPS) is 11.6. The average molecular weight is 416 g/mol. The lowest BCUT2D eigenvalue weighted by atomic mass is 10.0. The zero-order valence-electron chi connectivity index (χ0n) is 16.7. The van der Waals surface area contributed by atoms with Gasteiger partial charge in [-0.25, -0.2) is 0 Å². The molecule has 0 saturated carbocycles. The molecule has 150 valence electrons. The Hall–Kier alpha value is -3.58. The molecule has 0 aliphatic rings. The molecule has 4 aromatic rings. The maximum Gasteiger partial charge on any atom is 0.274 e. The highest BCUT2D eigenvalue weighted by molar-refractivity contribution is 7.10. The summed E-state index contributed by atoms with van der Waals surface area (Å²) in [6.07, 6.45) is 1.80. The monoisotopic (exact) mass is 415 g/mol. The summed E-state index contributed by atoms with van der Waals surface area (Å²) in [7, 11) is 0. The van der Waals surface area contributed by atoms with Crippen LogP contribution in [-0.4, -0.2) is 26.1 Å². The Bertz CT molecular complexity index is 1150. The van der Waals surface area contributed by atoms with Gasteiger partial charge in [0, 0.05) is 16.1 Å². The number of thiophene rings is 1. The molecule has 1 amide bonds. The molecule has 6 nitrogen and oxygen atoms in total. The summed E-state index contributed by atoms with van der Waals surface area (Å²) in [5.74, 6) is 0.646. The van der Waals surface area contributed by atoms with E-state index in [0.717, 1.165) is 16.1 Å². The highest BCUT2D eigenvalue weighted by Gasteiger charge is 2.19. The molecule has 0 aliphatic carbocycles. The van der Waals surface area contributed by atoms with E-state index in [4.69, 9.17) is 0 Å². The maximum absolute atomic E-state index is 13.2. The minimum Gasteiger partial charge on any atom is -0.321 e. The molecular formula is C23H21N5OS. The number of tetrazole rings is 1. The number of hydrogen-bond donors (Lipinski definition) is 1. The van der Waals surface area contributed by atoms with Crippen LogP contribution in [0.5, 0.6) is 0 Å². The third kappa shape index (κ3) is 4.36. The van der Waals surface area contributed by atoms with Crippen LogP contribution >= 0.6 is 11.3 Å². The van der Waals surface area contributed by atoms with Gasteiger partial charge in [0.25, 0.3) is 5.91 Å². The number of anilines is 1. The number of nitrogens with one attached hydrogen (secondary N) is 1. The molecule has 4 rings (SSSR count). The Labute approximate surface area is 178 Å². The van der Waals surface area contributed by atoms with Crippen molar-refractivity contribution in [3.05, 3.63) is 82.6 Å². The van der Waals surface area contributed by atoms with E-state index in [1.807, 2.05) is 72.1 Å². The Kier molecular flexibility index (Phi) is 5.81. The third-order valence-corrected chi connectivity index (χ3v) is 5.44. The summed E-state index contributed by atoms with van der Waals surface area (Å²) in [6.45, 7) is 4.27. The highest BCUT2D eigenvalue weighted by atomic mass is 32.1. The van der Waals surface area contributed by atoms with Crippen molar-refractivity contribution >= 4 is 34.7 Å². The molecular weight excluding hydrogens is 394 g/mol. The van der Waals surface area contributed by atoms with Crippen LogP contribution in [0.2, 0.25) is 0 Å². The first-order chi connectivity index (χ1) is 14.6. The van der Waals surface area contributed by atoms with E-state index in [1.165, 1.54) is 10.2 Å². The first-order valence-corrected chi connectivity index (χ1v) is 10.5. The molecule has 1 N–H and O–H groups in total. The van der Waals surface area contributed by atoms with Gasteiger partial charge in [-0.15, -0.1) is 16.4 Å². The van der Waals surface area contributed by atoms with Gasteiger partial charge in [-0.05, 0) is 51.6 Å². The molecule has 0 aliphatic heterocycles. The van der Waals surface area contributed by atoms with Gasteiger partial charge >= 0.3 is 0 Å². The van der Waals surface area contributed by atoms with Crippen LogP contribution < -0.4 is 5.32 Å². The average Bonchev–Trinajstić information content (AvgIpc) is 3.45. The molecule has 2 aromatic carbocycles. The van der Waals surface area contributed by atoms with Gasteiger partial charge in [-0.2, -0.15) is 4.68 Å². The van der Waals surface area contributed by atoms with Crippen molar-refractivity contribution in [2.75, 3.05) is 5.32 Å². The van der Waals surface area contributed by atoms with Crippen molar-refractivity contribution in [2.24, 2.45) is 0 Å². The highest BCUT2D eigenvalue weighted by Crippen LogP contribution is 2.23. The lowest BCUT2D eigenvalue weighted by molar-refractivity contribution is -0.111. The number of nitrogens with zero attached hydrogens (tertiary/aromatic N) is 4. The van der Waals surface area contributed by atoms with E-state index in [2.05, 4.69) is 34.7 Å². The molecule has 2 heterocycles. The molecule has 30 heavy (non-hydrogen) atoms. The number of aromatic nitrogens is 4. The first-order valence-electron chi connectivity index (χ1n) is 9.62. The van der Waals surface area contributed by atoms with E-state index < -0.39 is 0 Å². The predicted molar refractivity (Wildman–Crippen MR) is 121 cm³/mol. The molecule has 7 heteroatoms. The van der Waals surface area contributed by atoms with Gasteiger partial charge in [-0.1, -0.05) is 62.4 Å². The smallest absolute Gasteiger partial charge is 0.274 e. The SMILES string of the molecule is CC(C)c1ccc(NC(=O)/C(=C/c2cccs2)n2nnnc2-c2ccccc2)cc1. The second kappa shape index (κ2) is 8.84. The van der Waals surface area contributed by atoms with E-state index in [-0.39, 0.29) is 5.91 Å². The summed E-state index contributed by atoms with van der Waals surface area (Å²) in [5.41, 5.74) is 3.10. The molecule has 2 aromatic heterocycles. The zero-order valence-corrected chi connectivity index (χ0v) is 17.5. The van der Waals surface area contributed by atoms with Crippen molar-refractivity contribution < 1.29 is 4.79 Å². The second-order valence-electron chi connectivity index (χ2n) is 7.06. The lowest BCUT2D eigenvalue weighted by Gasteiger charge is -2.12. The fourth-order valence-electron chi connectivity index (χ4n) is 2.99. The standard InChI is InChI=1S/C23H21N5OS/c1-16(2)17-10-12-19(13-11-17)24-23(29)21(15-20-9-6-14-30-20)28-22(25-26-27-28)18-7-4-3-5-8-18/h3-16H,1-2H3,(H,24,29)/b21-15-. The summed E-state index contributed by atoms with van der Waals surface area (Å²) in [4.78, 5) is 14.2. The van der Waals surface area contributed by atoms with Crippen LogP contribution in [-0.2, 0) is 4.79 Å². The van der Waals surface area contributed by atoms with E-state index in [1.54, 1.807) is 17.4 Å². The molecule has 0 unspecified atom stereocenters. The van der Waals surface area contributed by atoms with Gasteiger partial charge < -0.3 is 5.32 Å². The van der Waals surface area contributed by atoms with E-state index >= 15 is 0 Å². The van der Waals surface area contributed by atoms with Crippen molar-refractivity contribution in [2.45, 2.75) is 19.8 Å². The second-order valence-corrected chi connectivity index (χ2v) is 8.04. The zero-order chi connectivity index (χ0) is 20.9. The number of benzene rings is 2. The van der Waals surface area contributed by atoms with Crippen LogP contribution in [0.1, 0.15) is 30.2 Å². The first kappa shape index (κ1) is 19.7. The minimum atomic E-state index is -0.287. The largest absolute Gasteiger partial charge is 0.321 e. The van der Waals surface area contributed by atoms with Crippen molar-refractivity contribution in [1.29, 1.82) is 0 Å². The summed E-state index contributed by atoms with van der Waals surface area (Å²) in [5, 5.41) is 17.0. The van der Waals surface area contributed by atoms with Gasteiger partial charge in [0.15, 0.2) is 5.82 Å². The molecule has 0 spiro atoms. The molecule has 0 radical (unpaired) electrons. The predicted octanol–water partition coefficient (Wildman–Crippen LogP) is 5.16. The number of rotatable bonds is 6. The summed E-state index contributed by atoms with van der Waals surface area (Å²) in [6, 6.07) is 21.3. The Morgan fingerprint density at radius 3 is 2.47 bits per heavy atom. The number of hydrogen-bond acceptors (Lipinski definition) is 5. The van der Waals surface area contributed by atoms with Crippen LogP contribution in [0.25, 0.3) is 23.2 Å². The molecule has 0 bridgehead atoms.